The van der Waals surface area contributed by atoms with E-state index in [0.29, 0.717) is 17.2 Å². The van der Waals surface area contributed by atoms with Crippen LogP contribution in [0.3, 0.4) is 0 Å². The quantitative estimate of drug-likeness (QED) is 0.477. The number of rotatable bonds is 4. The predicted octanol–water partition coefficient (Wildman–Crippen LogP) is 3.72. The summed E-state index contributed by atoms with van der Waals surface area (Å²) in [6.45, 7) is 3.68. The van der Waals surface area contributed by atoms with Crippen LogP contribution in [0.15, 0.2) is 53.2 Å². The summed E-state index contributed by atoms with van der Waals surface area (Å²) in [5, 5.41) is 10.9. The number of hydrogen-bond acceptors (Lipinski definition) is 5. The number of anilines is 1. The van der Waals surface area contributed by atoms with Crippen molar-refractivity contribution in [3.63, 3.8) is 0 Å². The lowest BCUT2D eigenvalue weighted by molar-refractivity contribution is -0.384. The molecule has 1 aliphatic rings. The van der Waals surface area contributed by atoms with E-state index < -0.39 is 4.92 Å². The van der Waals surface area contributed by atoms with E-state index in [1.807, 2.05) is 31.2 Å². The minimum atomic E-state index is -0.512. The molecule has 0 spiro atoms. The minimum absolute atomic E-state index is 0.109. The second-order valence-corrected chi connectivity index (χ2v) is 5.86. The molecule has 2 aromatic carbocycles. The number of methoxy groups -OCH3 is 1. The molecule has 0 aromatic heterocycles. The maximum Gasteiger partial charge on any atom is 0.282 e. The van der Waals surface area contributed by atoms with Crippen molar-refractivity contribution < 1.29 is 14.5 Å². The van der Waals surface area contributed by atoms with Gasteiger partial charge in [0.15, 0.2) is 0 Å². The van der Waals surface area contributed by atoms with Crippen LogP contribution < -0.4 is 9.64 Å². The summed E-state index contributed by atoms with van der Waals surface area (Å²) in [7, 11) is 1.40. The highest BCUT2D eigenvalue weighted by atomic mass is 16.6. The molecular weight excluding hydrogens is 334 g/mol. The van der Waals surface area contributed by atoms with Crippen molar-refractivity contribution in [2.45, 2.75) is 13.8 Å². The number of hydrogen-bond donors (Lipinski definition) is 0. The molecule has 7 heteroatoms. The topological polar surface area (TPSA) is 85.0 Å². The number of aryl methyl sites for hydroxylation is 1. The number of nitro groups is 1. The van der Waals surface area contributed by atoms with E-state index in [1.54, 1.807) is 13.0 Å². The Morgan fingerprint density at radius 1 is 1.19 bits per heavy atom. The zero-order valence-corrected chi connectivity index (χ0v) is 14.6. The van der Waals surface area contributed by atoms with Gasteiger partial charge in [-0.1, -0.05) is 29.8 Å². The van der Waals surface area contributed by atoms with Crippen molar-refractivity contribution in [1.29, 1.82) is 0 Å². The van der Waals surface area contributed by atoms with Crippen molar-refractivity contribution in [3.8, 4) is 5.75 Å². The molecule has 0 fully saturated rings. The first-order valence-corrected chi connectivity index (χ1v) is 7.91. The summed E-state index contributed by atoms with van der Waals surface area (Å²) in [5.41, 5.74) is 2.56. The number of non-ortho nitro benzene ring substituents is 1. The molecule has 1 amide bonds. The number of carbonyl (C=O) groups excluding carboxylic acids is 1. The normalized spacial score (nSPS) is 15.3. The minimum Gasteiger partial charge on any atom is -0.494 e. The zero-order valence-electron chi connectivity index (χ0n) is 14.6. The maximum absolute atomic E-state index is 12.8. The van der Waals surface area contributed by atoms with Crippen LogP contribution in [0, 0.1) is 17.0 Å². The summed E-state index contributed by atoms with van der Waals surface area (Å²) in [6.07, 6.45) is 1.72. The van der Waals surface area contributed by atoms with E-state index in [2.05, 4.69) is 4.99 Å². The van der Waals surface area contributed by atoms with Gasteiger partial charge in [-0.25, -0.2) is 4.99 Å². The number of nitro benzene ring substituents is 1. The number of ether oxygens (including phenoxy) is 1. The third-order valence-electron chi connectivity index (χ3n) is 3.99. The van der Waals surface area contributed by atoms with Gasteiger partial charge in [-0.15, -0.1) is 0 Å². The van der Waals surface area contributed by atoms with Gasteiger partial charge in [0.05, 0.1) is 23.8 Å². The first kappa shape index (κ1) is 17.3. The van der Waals surface area contributed by atoms with E-state index >= 15 is 0 Å². The highest BCUT2D eigenvalue weighted by Crippen LogP contribution is 2.35. The van der Waals surface area contributed by atoms with Crippen molar-refractivity contribution >= 4 is 29.2 Å². The summed E-state index contributed by atoms with van der Waals surface area (Å²) >= 11 is 0. The summed E-state index contributed by atoms with van der Waals surface area (Å²) in [4.78, 5) is 29.0. The van der Waals surface area contributed by atoms with Crippen LogP contribution in [-0.4, -0.2) is 23.8 Å². The Kier molecular flexibility index (Phi) is 4.53. The molecule has 2 aromatic rings. The molecule has 0 saturated heterocycles. The molecule has 26 heavy (non-hydrogen) atoms. The summed E-state index contributed by atoms with van der Waals surface area (Å²) in [5.74, 6) is 0.399. The molecule has 0 unspecified atom stereocenters. The molecule has 0 atom stereocenters. The molecule has 0 saturated carbocycles. The Bertz CT molecular complexity index is 963. The Balaban J connectivity index is 2.00. The Morgan fingerprint density at radius 2 is 1.96 bits per heavy atom. The third-order valence-corrected chi connectivity index (χ3v) is 3.99. The van der Waals surface area contributed by atoms with Gasteiger partial charge in [-0.2, -0.15) is 0 Å². The van der Waals surface area contributed by atoms with Crippen molar-refractivity contribution in [3.05, 3.63) is 69.4 Å². The van der Waals surface area contributed by atoms with Crippen LogP contribution in [-0.2, 0) is 4.79 Å². The fraction of sp³-hybridized carbons (Fsp3) is 0.158. The average Bonchev–Trinajstić information content (AvgIpc) is 2.88. The fourth-order valence-corrected chi connectivity index (χ4v) is 2.79. The van der Waals surface area contributed by atoms with Crippen LogP contribution in [0.1, 0.15) is 18.1 Å². The Hall–Kier alpha value is -3.48. The van der Waals surface area contributed by atoms with Gasteiger partial charge in [0, 0.05) is 6.07 Å². The van der Waals surface area contributed by atoms with Gasteiger partial charge >= 0.3 is 0 Å². The van der Waals surface area contributed by atoms with Crippen LogP contribution in [0.25, 0.3) is 6.08 Å². The van der Waals surface area contributed by atoms with Crippen molar-refractivity contribution in [2.24, 2.45) is 4.99 Å². The first-order valence-electron chi connectivity index (χ1n) is 7.91. The number of amidine groups is 1. The average molecular weight is 351 g/mol. The number of benzene rings is 2. The molecule has 1 heterocycles. The Morgan fingerprint density at radius 3 is 2.62 bits per heavy atom. The van der Waals surface area contributed by atoms with Gasteiger partial charge in [0.2, 0.25) is 0 Å². The third kappa shape index (κ3) is 3.19. The molecule has 3 rings (SSSR count). The lowest BCUT2D eigenvalue weighted by Gasteiger charge is -2.18. The highest BCUT2D eigenvalue weighted by molar-refractivity contribution is 6.28. The van der Waals surface area contributed by atoms with Crippen LogP contribution in [0.2, 0.25) is 0 Å². The molecule has 132 valence electrons. The molecule has 0 N–H and O–H groups in total. The highest BCUT2D eigenvalue weighted by Gasteiger charge is 2.31. The summed E-state index contributed by atoms with van der Waals surface area (Å²) < 4.78 is 5.24. The van der Waals surface area contributed by atoms with Gasteiger partial charge < -0.3 is 4.74 Å². The largest absolute Gasteiger partial charge is 0.494 e. The second-order valence-electron chi connectivity index (χ2n) is 5.86. The van der Waals surface area contributed by atoms with Crippen molar-refractivity contribution in [2.75, 3.05) is 12.0 Å². The van der Waals surface area contributed by atoms with Gasteiger partial charge in [0.1, 0.15) is 17.3 Å². The van der Waals surface area contributed by atoms with Gasteiger partial charge in [-0.05, 0) is 31.6 Å². The van der Waals surface area contributed by atoms with Gasteiger partial charge in [0.25, 0.3) is 11.6 Å². The number of aliphatic imine (C=N–C) groups is 1. The maximum atomic E-state index is 12.8. The van der Waals surface area contributed by atoms with E-state index in [9.17, 15) is 14.9 Å². The fourth-order valence-electron chi connectivity index (χ4n) is 2.79. The summed E-state index contributed by atoms with van der Waals surface area (Å²) in [6, 6.07) is 11.9. The van der Waals surface area contributed by atoms with E-state index in [1.165, 1.54) is 30.2 Å². The first-order chi connectivity index (χ1) is 12.4. The monoisotopic (exact) mass is 351 g/mol. The van der Waals surface area contributed by atoms with E-state index in [4.69, 9.17) is 4.74 Å². The number of amides is 1. The predicted molar refractivity (Wildman–Crippen MR) is 99.4 cm³/mol. The molecule has 0 aliphatic carbocycles. The molecule has 0 bridgehead atoms. The molecule has 7 nitrogen and oxygen atoms in total. The molecular formula is C19H17N3O4. The lowest BCUT2D eigenvalue weighted by Crippen LogP contribution is -2.30. The Labute approximate surface area is 150 Å². The molecule has 1 aliphatic heterocycles. The molecule has 0 radical (unpaired) electrons. The SMILES string of the molecule is COc1cc([N+](=O)[O-])ccc1N1C(=O)/C(=C/c2cccc(C)c2)N=C1C. The van der Waals surface area contributed by atoms with Crippen LogP contribution in [0.5, 0.6) is 5.75 Å². The number of carbonyl (C=O) groups is 1. The van der Waals surface area contributed by atoms with Crippen molar-refractivity contribution in [1.82, 2.24) is 0 Å². The number of nitrogens with zero attached hydrogens (tertiary/aromatic N) is 3. The lowest BCUT2D eigenvalue weighted by atomic mass is 10.1. The van der Waals surface area contributed by atoms with Crippen LogP contribution in [0.4, 0.5) is 11.4 Å². The second kappa shape index (κ2) is 6.79. The standard InChI is InChI=1S/C19H17N3O4/c1-12-5-4-6-14(9-12)10-16-19(23)21(13(2)20-16)17-8-7-15(22(24)25)11-18(17)26-3/h4-11H,1-3H3/b16-10-. The van der Waals surface area contributed by atoms with Gasteiger partial charge in [-0.3, -0.25) is 19.8 Å². The zero-order chi connectivity index (χ0) is 18.8. The van der Waals surface area contributed by atoms with E-state index in [0.717, 1.165) is 11.1 Å². The van der Waals surface area contributed by atoms with Crippen LogP contribution >= 0.6 is 0 Å². The van der Waals surface area contributed by atoms with E-state index in [-0.39, 0.29) is 17.3 Å². The smallest absolute Gasteiger partial charge is 0.282 e.